The Labute approximate surface area is 238 Å². The maximum absolute atomic E-state index is 13.5. The number of ether oxygens (including phenoxy) is 2. The van der Waals surface area contributed by atoms with Gasteiger partial charge in [-0.25, -0.2) is 9.78 Å². The van der Waals surface area contributed by atoms with Crippen LogP contribution in [0.3, 0.4) is 0 Å². The molecule has 2 amide bonds. The predicted molar refractivity (Wildman–Crippen MR) is 157 cm³/mol. The molecule has 11 heteroatoms. The number of benzene rings is 2. The third kappa shape index (κ3) is 6.00. The number of alkyl carbamates (subject to hydrolysis) is 1. The molecule has 2 aliphatic heterocycles. The molecule has 0 aliphatic carbocycles. The topological polar surface area (TPSA) is 128 Å². The molecule has 4 heterocycles. The summed E-state index contributed by atoms with van der Waals surface area (Å²) < 4.78 is 10.7. The van der Waals surface area contributed by atoms with Crippen LogP contribution < -0.4 is 10.2 Å². The molecule has 2 aromatic carbocycles. The number of rotatable bonds is 8. The molecule has 3 N–H and O–H groups in total. The Morgan fingerprint density at radius 2 is 2.00 bits per heavy atom. The Morgan fingerprint density at radius 1 is 1.12 bits per heavy atom. The summed E-state index contributed by atoms with van der Waals surface area (Å²) in [5.74, 6) is 0.830. The van der Waals surface area contributed by atoms with E-state index in [1.807, 2.05) is 29.2 Å². The van der Waals surface area contributed by atoms with Crippen molar-refractivity contribution in [1.82, 2.24) is 30.4 Å². The molecule has 11 nitrogen and oxygen atoms in total. The Kier molecular flexibility index (Phi) is 8.04. The molecule has 1 atom stereocenters. The first-order valence-electron chi connectivity index (χ1n) is 14.6. The van der Waals surface area contributed by atoms with E-state index in [0.717, 1.165) is 79.6 Å². The summed E-state index contributed by atoms with van der Waals surface area (Å²) in [5, 5.41) is 11.3. The fraction of sp³-hybridized carbons (Fsp3) is 0.467. The van der Waals surface area contributed by atoms with E-state index in [9.17, 15) is 9.59 Å². The number of hydrogen-bond acceptors (Lipinski definition) is 7. The van der Waals surface area contributed by atoms with Gasteiger partial charge in [-0.15, -0.1) is 0 Å². The van der Waals surface area contributed by atoms with Gasteiger partial charge in [-0.1, -0.05) is 13.3 Å². The van der Waals surface area contributed by atoms with Crippen LogP contribution in [0.15, 0.2) is 36.4 Å². The van der Waals surface area contributed by atoms with Crippen LogP contribution >= 0.6 is 0 Å². The van der Waals surface area contributed by atoms with Gasteiger partial charge in [0.15, 0.2) is 5.82 Å². The summed E-state index contributed by atoms with van der Waals surface area (Å²) in [6, 6.07) is 11.9. The van der Waals surface area contributed by atoms with Crippen LogP contribution in [-0.4, -0.2) is 89.6 Å². The second-order valence-electron chi connectivity index (χ2n) is 10.8. The zero-order valence-corrected chi connectivity index (χ0v) is 23.4. The van der Waals surface area contributed by atoms with Crippen LogP contribution in [0.2, 0.25) is 0 Å². The fourth-order valence-electron chi connectivity index (χ4n) is 5.64. The zero-order chi connectivity index (χ0) is 28.2. The lowest BCUT2D eigenvalue weighted by atomic mass is 9.97. The van der Waals surface area contributed by atoms with Crippen LogP contribution in [-0.2, 0) is 9.47 Å². The van der Waals surface area contributed by atoms with Crippen LogP contribution in [0.25, 0.3) is 33.5 Å². The van der Waals surface area contributed by atoms with Crippen molar-refractivity contribution >= 4 is 39.6 Å². The first kappa shape index (κ1) is 27.1. The zero-order valence-electron chi connectivity index (χ0n) is 23.4. The predicted octanol–water partition coefficient (Wildman–Crippen LogP) is 4.32. The van der Waals surface area contributed by atoms with Crippen molar-refractivity contribution < 1.29 is 19.1 Å². The summed E-state index contributed by atoms with van der Waals surface area (Å²) in [6.45, 7) is 7.48. The van der Waals surface area contributed by atoms with Crippen molar-refractivity contribution in [2.45, 2.75) is 32.6 Å². The number of likely N-dealkylation sites (tertiary alicyclic amines) is 1. The number of nitrogens with zero attached hydrogens (tertiary/aromatic N) is 4. The minimum absolute atomic E-state index is 0.0194. The lowest BCUT2D eigenvalue weighted by Gasteiger charge is -2.33. The van der Waals surface area contributed by atoms with Crippen molar-refractivity contribution in [2.24, 2.45) is 5.92 Å². The van der Waals surface area contributed by atoms with Gasteiger partial charge in [0.25, 0.3) is 5.91 Å². The van der Waals surface area contributed by atoms with Gasteiger partial charge in [0.2, 0.25) is 0 Å². The van der Waals surface area contributed by atoms with E-state index in [1.54, 1.807) is 0 Å². The van der Waals surface area contributed by atoms with Crippen LogP contribution in [0, 0.1) is 5.92 Å². The largest absolute Gasteiger partial charge is 0.450 e. The number of hydrogen-bond donors (Lipinski definition) is 3. The molecule has 2 aromatic heterocycles. The van der Waals surface area contributed by atoms with Gasteiger partial charge in [0, 0.05) is 49.4 Å². The van der Waals surface area contributed by atoms with Crippen LogP contribution in [0.5, 0.6) is 0 Å². The SMILES string of the molecule is CCCCOC(=O)NCC1CCCN(C(=O)c2ccc3[nH]nc(-c4nc5ccc(N6CCOCC6)cc5[nH]4)c3c2)C1. The van der Waals surface area contributed by atoms with E-state index < -0.39 is 0 Å². The number of aromatic amines is 2. The second-order valence-corrected chi connectivity index (χ2v) is 10.8. The van der Waals surface area contributed by atoms with Crippen molar-refractivity contribution in [3.63, 3.8) is 0 Å². The van der Waals surface area contributed by atoms with Gasteiger partial charge < -0.3 is 29.6 Å². The number of unbranched alkanes of at least 4 members (excludes halogenated alkanes) is 1. The van der Waals surface area contributed by atoms with Gasteiger partial charge >= 0.3 is 6.09 Å². The van der Waals surface area contributed by atoms with E-state index in [2.05, 4.69) is 44.5 Å². The summed E-state index contributed by atoms with van der Waals surface area (Å²) in [6.07, 6.45) is 3.31. The Morgan fingerprint density at radius 3 is 2.85 bits per heavy atom. The highest BCUT2D eigenvalue weighted by molar-refractivity contribution is 6.01. The molecule has 0 radical (unpaired) electrons. The molecule has 0 bridgehead atoms. The van der Waals surface area contributed by atoms with E-state index >= 15 is 0 Å². The minimum atomic E-state index is -0.386. The van der Waals surface area contributed by atoms with Gasteiger partial charge in [0.1, 0.15) is 5.69 Å². The number of carbonyl (C=O) groups is 2. The highest BCUT2D eigenvalue weighted by Crippen LogP contribution is 2.29. The van der Waals surface area contributed by atoms with Crippen molar-refractivity contribution in [3.8, 4) is 11.5 Å². The van der Waals surface area contributed by atoms with Crippen molar-refractivity contribution in [3.05, 3.63) is 42.0 Å². The minimum Gasteiger partial charge on any atom is -0.450 e. The number of carbonyl (C=O) groups excluding carboxylic acids is 2. The van der Waals surface area contributed by atoms with Gasteiger partial charge in [0.05, 0.1) is 36.4 Å². The van der Waals surface area contributed by atoms with Gasteiger partial charge in [-0.3, -0.25) is 9.89 Å². The Bertz CT molecular complexity index is 1520. The van der Waals surface area contributed by atoms with Gasteiger partial charge in [-0.2, -0.15) is 5.10 Å². The number of imidazole rings is 1. The first-order valence-corrected chi connectivity index (χ1v) is 14.6. The molecular weight excluding hydrogens is 522 g/mol. The highest BCUT2D eigenvalue weighted by Gasteiger charge is 2.26. The maximum atomic E-state index is 13.5. The van der Waals surface area contributed by atoms with E-state index in [0.29, 0.717) is 43.3 Å². The summed E-state index contributed by atoms with van der Waals surface area (Å²) >= 11 is 0. The third-order valence-corrected chi connectivity index (χ3v) is 7.95. The number of aromatic nitrogens is 4. The molecule has 0 spiro atoms. The fourth-order valence-corrected chi connectivity index (χ4v) is 5.64. The van der Waals surface area contributed by atoms with Crippen molar-refractivity contribution in [1.29, 1.82) is 0 Å². The lowest BCUT2D eigenvalue weighted by molar-refractivity contribution is 0.0672. The molecule has 2 fully saturated rings. The number of amides is 2. The monoisotopic (exact) mass is 559 g/mol. The van der Waals surface area contributed by atoms with E-state index in [-0.39, 0.29) is 17.9 Å². The number of H-pyrrole nitrogens is 2. The molecular formula is C30H37N7O4. The number of nitrogens with one attached hydrogen (secondary N) is 3. The number of piperidine rings is 1. The van der Waals surface area contributed by atoms with Crippen LogP contribution in [0.4, 0.5) is 10.5 Å². The highest BCUT2D eigenvalue weighted by atomic mass is 16.5. The Hall–Kier alpha value is -4.12. The molecule has 1 unspecified atom stereocenters. The summed E-state index contributed by atoms with van der Waals surface area (Å²) in [4.78, 5) is 37.9. The second kappa shape index (κ2) is 12.2. The van der Waals surface area contributed by atoms with Crippen LogP contribution in [0.1, 0.15) is 43.0 Å². The molecule has 2 aliphatic rings. The molecule has 2 saturated heterocycles. The molecule has 4 aromatic rings. The third-order valence-electron chi connectivity index (χ3n) is 7.95. The maximum Gasteiger partial charge on any atom is 0.407 e. The first-order chi connectivity index (χ1) is 20.1. The molecule has 0 saturated carbocycles. The molecule has 216 valence electrons. The average molecular weight is 560 g/mol. The number of morpholine rings is 1. The molecule has 41 heavy (non-hydrogen) atoms. The smallest absolute Gasteiger partial charge is 0.407 e. The average Bonchev–Trinajstić information content (AvgIpc) is 3.63. The normalized spacial score (nSPS) is 17.7. The summed E-state index contributed by atoms with van der Waals surface area (Å²) in [5.41, 5.74) is 5.07. The summed E-state index contributed by atoms with van der Waals surface area (Å²) in [7, 11) is 0. The lowest BCUT2D eigenvalue weighted by Crippen LogP contribution is -2.43. The van der Waals surface area contributed by atoms with E-state index in [1.165, 1.54) is 0 Å². The quantitative estimate of drug-likeness (QED) is 0.274. The van der Waals surface area contributed by atoms with E-state index in [4.69, 9.17) is 14.5 Å². The Balaban J connectivity index is 1.16. The number of fused-ring (bicyclic) bond motifs is 2. The molecule has 6 rings (SSSR count). The number of anilines is 1. The van der Waals surface area contributed by atoms with Gasteiger partial charge in [-0.05, 0) is 61.6 Å². The van der Waals surface area contributed by atoms with Crippen molar-refractivity contribution in [2.75, 3.05) is 57.4 Å². The standard InChI is InChI=1S/C30H37N7O4/c1-2-3-13-41-30(39)31-18-20-5-4-10-37(19-20)29(38)21-6-8-24-23(16-21)27(35-34-24)28-32-25-9-7-22(17-26(25)33-28)36-11-14-40-15-12-36/h6-9,16-17,20H,2-5,10-15,18-19H2,1H3,(H,31,39)(H,32,33)(H,34,35).